The highest BCUT2D eigenvalue weighted by Crippen LogP contribution is 2.34. The third-order valence-electron chi connectivity index (χ3n) is 5.18. The second kappa shape index (κ2) is 8.95. The molecule has 0 aromatic heterocycles. The zero-order valence-corrected chi connectivity index (χ0v) is 17.7. The summed E-state index contributed by atoms with van der Waals surface area (Å²) in [6.45, 7) is 7.40. The highest BCUT2D eigenvalue weighted by atomic mass is 16.5. The van der Waals surface area contributed by atoms with Crippen LogP contribution in [0.2, 0.25) is 0 Å². The van der Waals surface area contributed by atoms with Gasteiger partial charge in [0.2, 0.25) is 11.8 Å². The molecule has 0 unspecified atom stereocenters. The van der Waals surface area contributed by atoms with Gasteiger partial charge in [0.05, 0.1) is 18.1 Å². The summed E-state index contributed by atoms with van der Waals surface area (Å²) in [5.74, 6) is -2.14. The van der Waals surface area contributed by atoms with Gasteiger partial charge in [-0.2, -0.15) is 0 Å². The summed E-state index contributed by atoms with van der Waals surface area (Å²) in [5.41, 5.74) is 3.85. The third kappa shape index (κ3) is 4.27. The van der Waals surface area contributed by atoms with Crippen LogP contribution >= 0.6 is 0 Å². The van der Waals surface area contributed by atoms with E-state index in [0.29, 0.717) is 17.1 Å². The maximum Gasteiger partial charge on any atom is 0.336 e. The van der Waals surface area contributed by atoms with E-state index in [2.05, 4.69) is 5.32 Å². The summed E-state index contributed by atoms with van der Waals surface area (Å²) >= 11 is 0. The Bertz CT molecular complexity index is 1010. The molecule has 1 heterocycles. The second-order valence-electron chi connectivity index (χ2n) is 7.35. The number of nitrogens with one attached hydrogen (secondary N) is 1. The first-order valence-corrected chi connectivity index (χ1v) is 9.97. The molecule has 0 fully saturated rings. The van der Waals surface area contributed by atoms with Gasteiger partial charge in [0.25, 0.3) is 0 Å². The number of para-hydroxylation sites is 1. The number of allylic oxidation sites excluding steroid dienone is 1. The first-order valence-electron chi connectivity index (χ1n) is 9.97. The zero-order valence-electron chi connectivity index (χ0n) is 17.7. The van der Waals surface area contributed by atoms with E-state index in [1.54, 1.807) is 26.0 Å². The monoisotopic (exact) mass is 406 g/mol. The van der Waals surface area contributed by atoms with Crippen LogP contribution in [0.25, 0.3) is 0 Å². The van der Waals surface area contributed by atoms with Gasteiger partial charge in [0.15, 0.2) is 0 Å². The second-order valence-corrected chi connectivity index (χ2v) is 7.35. The van der Waals surface area contributed by atoms with E-state index >= 15 is 0 Å². The summed E-state index contributed by atoms with van der Waals surface area (Å²) in [4.78, 5) is 40.4. The lowest BCUT2D eigenvalue weighted by molar-refractivity contribution is -0.141. The highest BCUT2D eigenvalue weighted by Gasteiger charge is 2.40. The minimum absolute atomic E-state index is 0.114. The number of nitrogens with zero attached hydrogens (tertiary/aromatic N) is 1. The van der Waals surface area contributed by atoms with Gasteiger partial charge >= 0.3 is 5.97 Å². The number of benzene rings is 2. The van der Waals surface area contributed by atoms with Crippen molar-refractivity contribution in [1.82, 2.24) is 0 Å². The number of esters is 1. The fraction of sp³-hybridized carbons (Fsp3) is 0.292. The first kappa shape index (κ1) is 21.3. The third-order valence-corrected chi connectivity index (χ3v) is 5.18. The van der Waals surface area contributed by atoms with E-state index in [-0.39, 0.29) is 24.5 Å². The molecule has 6 nitrogen and oxygen atoms in total. The van der Waals surface area contributed by atoms with Crippen LogP contribution < -0.4 is 10.2 Å². The van der Waals surface area contributed by atoms with E-state index in [9.17, 15) is 14.4 Å². The summed E-state index contributed by atoms with van der Waals surface area (Å²) < 4.78 is 5.23. The number of ether oxygens (including phenoxy) is 1. The molecular formula is C24H26N2O4. The molecule has 30 heavy (non-hydrogen) atoms. The molecule has 1 N–H and O–H groups in total. The molecule has 2 aromatic carbocycles. The topological polar surface area (TPSA) is 75.7 Å². The molecule has 0 saturated carbocycles. The van der Waals surface area contributed by atoms with Gasteiger partial charge in [-0.15, -0.1) is 0 Å². The van der Waals surface area contributed by atoms with Gasteiger partial charge in [-0.05, 0) is 57.0 Å². The minimum atomic E-state index is -0.920. The number of rotatable bonds is 5. The van der Waals surface area contributed by atoms with Gasteiger partial charge < -0.3 is 10.1 Å². The Labute approximate surface area is 176 Å². The number of carbonyl (C=O) groups excluding carboxylic acids is 3. The average molecular weight is 406 g/mol. The summed E-state index contributed by atoms with van der Waals surface area (Å²) in [6, 6.07) is 14.8. The largest absolute Gasteiger partial charge is 0.463 e. The highest BCUT2D eigenvalue weighted by molar-refractivity contribution is 6.10. The van der Waals surface area contributed by atoms with Crippen molar-refractivity contribution in [2.24, 2.45) is 5.92 Å². The van der Waals surface area contributed by atoms with Crippen molar-refractivity contribution < 1.29 is 19.1 Å². The van der Waals surface area contributed by atoms with Crippen LogP contribution in [0.4, 0.5) is 11.4 Å². The van der Waals surface area contributed by atoms with Crippen LogP contribution in [0.1, 0.15) is 31.4 Å². The van der Waals surface area contributed by atoms with E-state index in [1.165, 1.54) is 4.90 Å². The molecule has 1 aliphatic heterocycles. The maximum atomic E-state index is 13.2. The lowest BCUT2D eigenvalue weighted by atomic mass is 9.88. The van der Waals surface area contributed by atoms with Crippen LogP contribution in [0, 0.1) is 19.8 Å². The zero-order chi connectivity index (χ0) is 21.8. The van der Waals surface area contributed by atoms with Gasteiger partial charge in [0.1, 0.15) is 0 Å². The van der Waals surface area contributed by atoms with Gasteiger partial charge in [-0.3, -0.25) is 14.5 Å². The Morgan fingerprint density at radius 2 is 1.80 bits per heavy atom. The first-order chi connectivity index (χ1) is 14.3. The Morgan fingerprint density at radius 1 is 1.10 bits per heavy atom. The van der Waals surface area contributed by atoms with Gasteiger partial charge in [-0.1, -0.05) is 30.3 Å². The van der Waals surface area contributed by atoms with E-state index in [4.69, 9.17) is 4.74 Å². The molecule has 1 aliphatic rings. The minimum Gasteiger partial charge on any atom is -0.463 e. The molecule has 3 rings (SSSR count). The molecule has 1 atom stereocenters. The number of anilines is 2. The van der Waals surface area contributed by atoms with Crippen molar-refractivity contribution >= 4 is 29.2 Å². The molecule has 2 amide bonds. The van der Waals surface area contributed by atoms with Crippen LogP contribution in [0.15, 0.2) is 59.8 Å². The van der Waals surface area contributed by atoms with Gasteiger partial charge in [0, 0.05) is 23.5 Å². The van der Waals surface area contributed by atoms with Crippen molar-refractivity contribution in [1.29, 1.82) is 0 Å². The standard InChI is InChI=1S/C24H26N2O4/c1-5-30-24(29)22-17(4)26(18-9-7-6-8-10-18)21(27)14-19(22)23(28)25-20-13-15(2)11-12-16(20)3/h6-13,19H,5,14H2,1-4H3,(H,25,28)/t19-/m1/s1. The van der Waals surface area contributed by atoms with Crippen molar-refractivity contribution in [2.75, 3.05) is 16.8 Å². The molecular weight excluding hydrogens is 380 g/mol. The lowest BCUT2D eigenvalue weighted by Crippen LogP contribution is -2.43. The molecule has 0 radical (unpaired) electrons. The van der Waals surface area contributed by atoms with Crippen LogP contribution in [-0.2, 0) is 19.1 Å². The van der Waals surface area contributed by atoms with Crippen molar-refractivity contribution in [3.8, 4) is 0 Å². The number of hydrogen-bond acceptors (Lipinski definition) is 4. The van der Waals surface area contributed by atoms with Crippen molar-refractivity contribution in [3.05, 3.63) is 70.9 Å². The van der Waals surface area contributed by atoms with Crippen molar-refractivity contribution in [3.63, 3.8) is 0 Å². The fourth-order valence-corrected chi connectivity index (χ4v) is 3.66. The molecule has 0 bridgehead atoms. The fourth-order valence-electron chi connectivity index (χ4n) is 3.66. The molecule has 156 valence electrons. The lowest BCUT2D eigenvalue weighted by Gasteiger charge is -2.33. The summed E-state index contributed by atoms with van der Waals surface area (Å²) in [7, 11) is 0. The molecule has 0 aliphatic carbocycles. The molecule has 0 spiro atoms. The Hall–Kier alpha value is -3.41. The van der Waals surface area contributed by atoms with Gasteiger partial charge in [-0.25, -0.2) is 4.79 Å². The quantitative estimate of drug-likeness (QED) is 0.758. The van der Waals surface area contributed by atoms with E-state index in [1.807, 2.05) is 50.2 Å². The number of aryl methyl sites for hydroxylation is 2. The summed E-state index contributed by atoms with van der Waals surface area (Å²) in [5, 5.41) is 2.89. The van der Waals surface area contributed by atoms with Crippen LogP contribution in [-0.4, -0.2) is 24.4 Å². The van der Waals surface area contributed by atoms with E-state index < -0.39 is 17.8 Å². The average Bonchev–Trinajstić information content (AvgIpc) is 2.71. The van der Waals surface area contributed by atoms with Crippen molar-refractivity contribution in [2.45, 2.75) is 34.1 Å². The molecule has 6 heteroatoms. The predicted octanol–water partition coefficient (Wildman–Crippen LogP) is 4.13. The number of carbonyl (C=O) groups is 3. The van der Waals surface area contributed by atoms with Crippen LogP contribution in [0.3, 0.4) is 0 Å². The molecule has 2 aromatic rings. The number of hydrogen-bond donors (Lipinski definition) is 1. The van der Waals surface area contributed by atoms with E-state index in [0.717, 1.165) is 11.1 Å². The summed E-state index contributed by atoms with van der Waals surface area (Å²) in [6.07, 6.45) is -0.114. The Kier molecular flexibility index (Phi) is 6.35. The Balaban J connectivity index is 2.01. The SMILES string of the molecule is CCOC(=O)C1=C(C)N(c2ccccc2)C(=O)C[C@H]1C(=O)Nc1cc(C)ccc1C. The Morgan fingerprint density at radius 3 is 2.47 bits per heavy atom. The van der Waals surface area contributed by atoms with Crippen LogP contribution in [0.5, 0.6) is 0 Å². The maximum absolute atomic E-state index is 13.2. The number of amides is 2. The smallest absolute Gasteiger partial charge is 0.336 e. The predicted molar refractivity (Wildman–Crippen MR) is 116 cm³/mol. The molecule has 0 saturated heterocycles. The normalized spacial score (nSPS) is 16.5.